The van der Waals surface area contributed by atoms with Gasteiger partial charge in [-0.15, -0.1) is 0 Å². The summed E-state index contributed by atoms with van der Waals surface area (Å²) in [6.45, 7) is 3.18. The van der Waals surface area contributed by atoms with Crippen LogP contribution < -0.4 is 16.8 Å². The van der Waals surface area contributed by atoms with Crippen molar-refractivity contribution >= 4 is 39.9 Å². The number of nitrogens with one attached hydrogen (secondary N) is 1. The second kappa shape index (κ2) is 6.98. The quantitative estimate of drug-likeness (QED) is 0.607. The summed E-state index contributed by atoms with van der Waals surface area (Å²) < 4.78 is 2.10. The molecule has 0 aliphatic heterocycles. The number of para-hydroxylation sites is 2. The Morgan fingerprint density at radius 1 is 1.24 bits per heavy atom. The molecule has 0 spiro atoms. The fraction of sp³-hybridized carbons (Fsp3) is 0.235. The van der Waals surface area contributed by atoms with Crippen LogP contribution in [-0.2, 0) is 13.1 Å². The van der Waals surface area contributed by atoms with Crippen molar-refractivity contribution in [1.29, 1.82) is 0 Å². The maximum Gasteiger partial charge on any atom is 0.272 e. The second-order valence-electron chi connectivity index (χ2n) is 5.66. The number of halogens is 1. The molecule has 0 bridgehead atoms. The number of nitrogens with two attached hydrogens (primary N) is 2. The average Bonchev–Trinajstić information content (AvgIpc) is 2.94. The van der Waals surface area contributed by atoms with Crippen LogP contribution in [0.15, 0.2) is 30.3 Å². The number of amides is 1. The van der Waals surface area contributed by atoms with Crippen LogP contribution in [0.25, 0.3) is 11.0 Å². The maximum absolute atomic E-state index is 12.4. The third-order valence-electron chi connectivity index (χ3n) is 3.84. The van der Waals surface area contributed by atoms with Gasteiger partial charge in [0.15, 0.2) is 10.8 Å². The van der Waals surface area contributed by atoms with Crippen molar-refractivity contribution in [2.75, 3.05) is 11.5 Å². The van der Waals surface area contributed by atoms with Crippen LogP contribution in [0.2, 0.25) is 5.15 Å². The van der Waals surface area contributed by atoms with Crippen LogP contribution in [0.3, 0.4) is 0 Å². The van der Waals surface area contributed by atoms with Crippen molar-refractivity contribution in [3.8, 4) is 0 Å². The lowest BCUT2D eigenvalue weighted by Crippen LogP contribution is -2.26. The minimum atomic E-state index is -0.422. The average molecular weight is 359 g/mol. The summed E-state index contributed by atoms with van der Waals surface area (Å²) in [5, 5.41) is 2.85. The van der Waals surface area contributed by atoms with Crippen molar-refractivity contribution in [2.45, 2.75) is 26.4 Å². The van der Waals surface area contributed by atoms with Crippen LogP contribution in [0.4, 0.5) is 11.4 Å². The molecule has 2 heterocycles. The highest BCUT2D eigenvalue weighted by molar-refractivity contribution is 6.32. The lowest BCUT2D eigenvalue weighted by Gasteiger charge is -2.10. The van der Waals surface area contributed by atoms with E-state index in [9.17, 15) is 4.79 Å². The Hall–Kier alpha value is -2.80. The van der Waals surface area contributed by atoms with E-state index in [0.29, 0.717) is 0 Å². The molecule has 0 aliphatic rings. The number of aromatic nitrogens is 3. The number of aryl methyl sites for hydroxylation is 1. The van der Waals surface area contributed by atoms with Crippen molar-refractivity contribution in [3.63, 3.8) is 0 Å². The molecule has 3 aromatic rings. The molecule has 25 heavy (non-hydrogen) atoms. The largest absolute Gasteiger partial charge is 0.397 e. The number of carbonyl (C=O) groups excluding carboxylic acids is 1. The summed E-state index contributed by atoms with van der Waals surface area (Å²) >= 11 is 5.88. The molecule has 8 heteroatoms. The van der Waals surface area contributed by atoms with Gasteiger partial charge in [0.05, 0.1) is 29.0 Å². The molecule has 5 N–H and O–H groups in total. The normalized spacial score (nSPS) is 11.0. The van der Waals surface area contributed by atoms with E-state index in [0.717, 1.165) is 29.8 Å². The van der Waals surface area contributed by atoms with Crippen LogP contribution in [0, 0.1) is 0 Å². The fourth-order valence-electron chi connectivity index (χ4n) is 2.68. The second-order valence-corrected chi connectivity index (χ2v) is 6.02. The molecule has 0 radical (unpaired) electrons. The number of hydrogen-bond donors (Lipinski definition) is 3. The number of benzene rings is 1. The Kier molecular flexibility index (Phi) is 4.76. The van der Waals surface area contributed by atoms with Gasteiger partial charge in [-0.2, -0.15) is 0 Å². The van der Waals surface area contributed by atoms with Gasteiger partial charge in [-0.05, 0) is 24.6 Å². The van der Waals surface area contributed by atoms with Gasteiger partial charge in [-0.1, -0.05) is 30.7 Å². The Bertz CT molecular complexity index is 936. The number of pyridine rings is 1. The van der Waals surface area contributed by atoms with Crippen LogP contribution in [0.1, 0.15) is 29.7 Å². The van der Waals surface area contributed by atoms with Crippen molar-refractivity contribution in [2.24, 2.45) is 0 Å². The van der Waals surface area contributed by atoms with E-state index in [-0.39, 0.29) is 28.8 Å². The van der Waals surface area contributed by atoms with E-state index in [1.807, 2.05) is 24.3 Å². The third kappa shape index (κ3) is 3.36. The minimum absolute atomic E-state index is 0.0531. The van der Waals surface area contributed by atoms with Gasteiger partial charge >= 0.3 is 0 Å². The van der Waals surface area contributed by atoms with E-state index in [1.54, 1.807) is 0 Å². The number of anilines is 2. The fourth-order valence-corrected chi connectivity index (χ4v) is 2.82. The summed E-state index contributed by atoms with van der Waals surface area (Å²) in [6, 6.07) is 9.31. The predicted molar refractivity (Wildman–Crippen MR) is 99.3 cm³/mol. The van der Waals surface area contributed by atoms with Gasteiger partial charge in [0.1, 0.15) is 5.82 Å². The molecule has 1 amide bonds. The van der Waals surface area contributed by atoms with Crippen molar-refractivity contribution in [1.82, 2.24) is 19.9 Å². The summed E-state index contributed by atoms with van der Waals surface area (Å²) in [6.07, 6.45) is 0.962. The number of nitrogens with zero attached hydrogens (tertiary/aromatic N) is 3. The minimum Gasteiger partial charge on any atom is -0.397 e. The van der Waals surface area contributed by atoms with Gasteiger partial charge < -0.3 is 21.4 Å². The van der Waals surface area contributed by atoms with Gasteiger partial charge in [0.25, 0.3) is 5.91 Å². The van der Waals surface area contributed by atoms with Crippen LogP contribution in [0.5, 0.6) is 0 Å². The molecule has 0 fully saturated rings. The lowest BCUT2D eigenvalue weighted by atomic mass is 10.2. The van der Waals surface area contributed by atoms with E-state index in [4.69, 9.17) is 23.1 Å². The van der Waals surface area contributed by atoms with Gasteiger partial charge in [0, 0.05) is 6.54 Å². The number of nitrogen functional groups attached to an aromatic ring is 2. The summed E-state index contributed by atoms with van der Waals surface area (Å²) in [5.74, 6) is 0.353. The Balaban J connectivity index is 1.84. The molecule has 0 aliphatic carbocycles. The number of rotatable bonds is 5. The van der Waals surface area contributed by atoms with E-state index in [1.165, 1.54) is 6.07 Å². The molecular weight excluding hydrogens is 340 g/mol. The highest BCUT2D eigenvalue weighted by Crippen LogP contribution is 2.21. The topological polar surface area (TPSA) is 112 Å². The van der Waals surface area contributed by atoms with E-state index in [2.05, 4.69) is 26.8 Å². The highest BCUT2D eigenvalue weighted by atomic mass is 35.5. The molecule has 0 saturated carbocycles. The molecule has 130 valence electrons. The van der Waals surface area contributed by atoms with E-state index < -0.39 is 5.91 Å². The molecule has 1 aromatic carbocycles. The standard InChI is InChI=1S/C17H19ClN6O/c1-2-7-24-13-6-4-3-5-12(13)22-14(24)9-21-17(25)15-10(19)8-11(20)16(18)23-15/h3-6,8H,2,7,9,19-20H2,1H3,(H,21,25). The summed E-state index contributed by atoms with van der Waals surface area (Å²) in [7, 11) is 0. The van der Waals surface area contributed by atoms with Crippen molar-refractivity contribution in [3.05, 3.63) is 47.0 Å². The first-order valence-electron chi connectivity index (χ1n) is 7.95. The molecular formula is C17H19ClN6O. The number of carbonyl (C=O) groups is 1. The van der Waals surface area contributed by atoms with Crippen LogP contribution >= 0.6 is 11.6 Å². The molecule has 2 aromatic heterocycles. The zero-order valence-electron chi connectivity index (χ0n) is 13.8. The highest BCUT2D eigenvalue weighted by Gasteiger charge is 2.16. The number of imidazole rings is 1. The Morgan fingerprint density at radius 3 is 2.76 bits per heavy atom. The van der Waals surface area contributed by atoms with Gasteiger partial charge in [-0.3, -0.25) is 4.79 Å². The van der Waals surface area contributed by atoms with Crippen LogP contribution in [-0.4, -0.2) is 20.4 Å². The predicted octanol–water partition coefficient (Wildman–Crippen LogP) is 2.59. The molecule has 3 rings (SSSR count). The first-order valence-corrected chi connectivity index (χ1v) is 8.33. The van der Waals surface area contributed by atoms with Gasteiger partial charge in [-0.25, -0.2) is 9.97 Å². The van der Waals surface area contributed by atoms with Gasteiger partial charge in [0.2, 0.25) is 0 Å². The number of fused-ring (bicyclic) bond motifs is 1. The molecule has 0 atom stereocenters. The zero-order chi connectivity index (χ0) is 18.0. The maximum atomic E-state index is 12.4. The SMILES string of the molecule is CCCn1c(CNC(=O)c2nc(Cl)c(N)cc2N)nc2ccccc21. The third-order valence-corrected chi connectivity index (χ3v) is 4.14. The first kappa shape index (κ1) is 17.0. The Morgan fingerprint density at radius 2 is 2.00 bits per heavy atom. The monoisotopic (exact) mass is 358 g/mol. The smallest absolute Gasteiger partial charge is 0.272 e. The van der Waals surface area contributed by atoms with Crippen molar-refractivity contribution < 1.29 is 4.79 Å². The zero-order valence-corrected chi connectivity index (χ0v) is 14.5. The summed E-state index contributed by atoms with van der Waals surface area (Å²) in [5.41, 5.74) is 13.9. The molecule has 0 unspecified atom stereocenters. The summed E-state index contributed by atoms with van der Waals surface area (Å²) in [4.78, 5) is 21.0. The lowest BCUT2D eigenvalue weighted by molar-refractivity contribution is 0.0945. The number of hydrogen-bond acceptors (Lipinski definition) is 5. The Labute approximate surface area is 150 Å². The molecule has 0 saturated heterocycles. The molecule has 7 nitrogen and oxygen atoms in total. The van der Waals surface area contributed by atoms with E-state index >= 15 is 0 Å². The first-order chi connectivity index (χ1) is 12.0.